The molecule has 0 spiro atoms. The normalized spacial score (nSPS) is 11.1. The predicted molar refractivity (Wildman–Crippen MR) is 102 cm³/mol. The van der Waals surface area contributed by atoms with Crippen LogP contribution in [-0.4, -0.2) is 33.2 Å². The van der Waals surface area contributed by atoms with Gasteiger partial charge in [0, 0.05) is 18.5 Å². The molecule has 3 aromatic rings. The van der Waals surface area contributed by atoms with Crippen LogP contribution in [0.2, 0.25) is 4.34 Å². The molecule has 0 saturated heterocycles. The molecule has 0 atom stereocenters. The summed E-state index contributed by atoms with van der Waals surface area (Å²) in [5, 5.41) is 0.889. The molecule has 0 N–H and O–H groups in total. The standard InChI is InChI=1S/C17H18ClN3OS2/c1-3-21-14-7-5-4-6-13(14)19-17(21)23-11-16(22)20(2)10-12-8-9-15(18)24-12/h4-9H,3,10-11H2,1-2H3. The van der Waals surface area contributed by atoms with Crippen LogP contribution in [0.5, 0.6) is 0 Å². The topological polar surface area (TPSA) is 38.1 Å². The van der Waals surface area contributed by atoms with Gasteiger partial charge >= 0.3 is 0 Å². The minimum atomic E-state index is 0.0826. The molecule has 3 rings (SSSR count). The van der Waals surface area contributed by atoms with Gasteiger partial charge in [-0.1, -0.05) is 35.5 Å². The Labute approximate surface area is 154 Å². The molecule has 0 unspecified atom stereocenters. The van der Waals surface area contributed by atoms with Crippen molar-refractivity contribution in [2.45, 2.75) is 25.2 Å². The van der Waals surface area contributed by atoms with Crippen LogP contribution in [0.1, 0.15) is 11.8 Å². The lowest BCUT2D eigenvalue weighted by molar-refractivity contribution is -0.127. The fraction of sp³-hybridized carbons (Fsp3) is 0.294. The van der Waals surface area contributed by atoms with Gasteiger partial charge in [0.15, 0.2) is 5.16 Å². The number of halogens is 1. The minimum absolute atomic E-state index is 0.0826. The highest BCUT2D eigenvalue weighted by Crippen LogP contribution is 2.25. The second kappa shape index (κ2) is 7.59. The van der Waals surface area contributed by atoms with Crippen LogP contribution in [0, 0.1) is 0 Å². The highest BCUT2D eigenvalue weighted by atomic mass is 35.5. The fourth-order valence-corrected chi connectivity index (χ4v) is 4.62. The first-order valence-corrected chi connectivity index (χ1v) is 9.82. The molecule has 0 aliphatic heterocycles. The van der Waals surface area contributed by atoms with Crippen LogP contribution >= 0.6 is 34.7 Å². The predicted octanol–water partition coefficient (Wildman–Crippen LogP) is 4.52. The number of thiophene rings is 1. The second-order valence-corrected chi connectivity index (χ2v) is 8.11. The average Bonchev–Trinajstić information content (AvgIpc) is 3.15. The number of thioether (sulfide) groups is 1. The molecule has 1 aromatic carbocycles. The lowest BCUT2D eigenvalue weighted by Gasteiger charge is -2.16. The van der Waals surface area contributed by atoms with E-state index in [4.69, 9.17) is 11.6 Å². The number of aryl methyl sites for hydroxylation is 1. The monoisotopic (exact) mass is 379 g/mol. The van der Waals surface area contributed by atoms with E-state index in [0.29, 0.717) is 12.3 Å². The molecule has 2 aromatic heterocycles. The number of amides is 1. The Hall–Kier alpha value is -1.50. The van der Waals surface area contributed by atoms with Crippen LogP contribution in [0.4, 0.5) is 0 Å². The van der Waals surface area contributed by atoms with E-state index in [1.165, 1.54) is 23.1 Å². The van der Waals surface area contributed by atoms with Crippen molar-refractivity contribution < 1.29 is 4.79 Å². The van der Waals surface area contributed by atoms with E-state index in [9.17, 15) is 4.79 Å². The Morgan fingerprint density at radius 3 is 2.83 bits per heavy atom. The molecular formula is C17H18ClN3OS2. The van der Waals surface area contributed by atoms with Crippen molar-refractivity contribution in [2.75, 3.05) is 12.8 Å². The molecule has 7 heteroatoms. The fourth-order valence-electron chi connectivity index (χ4n) is 2.46. The van der Waals surface area contributed by atoms with Gasteiger partial charge in [-0.3, -0.25) is 4.79 Å². The van der Waals surface area contributed by atoms with Crippen LogP contribution in [0.15, 0.2) is 41.6 Å². The molecule has 0 radical (unpaired) electrons. The Morgan fingerprint density at radius 2 is 2.12 bits per heavy atom. The first kappa shape index (κ1) is 17.3. The van der Waals surface area contributed by atoms with Gasteiger partial charge in [0.1, 0.15) is 0 Å². The van der Waals surface area contributed by atoms with Gasteiger partial charge in [-0.05, 0) is 31.2 Å². The second-order valence-electron chi connectivity index (χ2n) is 5.37. The number of carbonyl (C=O) groups is 1. The molecule has 4 nitrogen and oxygen atoms in total. The summed E-state index contributed by atoms with van der Waals surface area (Å²) >= 11 is 8.93. The third-order valence-electron chi connectivity index (χ3n) is 3.71. The smallest absolute Gasteiger partial charge is 0.233 e. The van der Waals surface area contributed by atoms with E-state index >= 15 is 0 Å². The molecule has 2 heterocycles. The molecule has 24 heavy (non-hydrogen) atoms. The molecule has 126 valence electrons. The van der Waals surface area contributed by atoms with Crippen LogP contribution in [0.3, 0.4) is 0 Å². The zero-order valence-electron chi connectivity index (χ0n) is 13.5. The third-order valence-corrected chi connectivity index (χ3v) is 5.89. The number of para-hydroxylation sites is 2. The maximum absolute atomic E-state index is 12.4. The molecule has 0 fully saturated rings. The highest BCUT2D eigenvalue weighted by Gasteiger charge is 2.15. The molecule has 0 saturated carbocycles. The summed E-state index contributed by atoms with van der Waals surface area (Å²) in [5.41, 5.74) is 2.08. The number of fused-ring (bicyclic) bond motifs is 1. The Balaban J connectivity index is 1.65. The van der Waals surface area contributed by atoms with Gasteiger partial charge < -0.3 is 9.47 Å². The minimum Gasteiger partial charge on any atom is -0.340 e. The molecule has 0 bridgehead atoms. The average molecular weight is 380 g/mol. The number of nitrogens with zero attached hydrogens (tertiary/aromatic N) is 3. The van der Waals surface area contributed by atoms with Gasteiger partial charge in [-0.25, -0.2) is 4.98 Å². The number of benzene rings is 1. The lowest BCUT2D eigenvalue weighted by Crippen LogP contribution is -2.27. The highest BCUT2D eigenvalue weighted by molar-refractivity contribution is 7.99. The number of hydrogen-bond donors (Lipinski definition) is 0. The first-order chi connectivity index (χ1) is 11.6. The summed E-state index contributed by atoms with van der Waals surface area (Å²) in [6.45, 7) is 3.51. The largest absolute Gasteiger partial charge is 0.340 e. The summed E-state index contributed by atoms with van der Waals surface area (Å²) in [6.07, 6.45) is 0. The summed E-state index contributed by atoms with van der Waals surface area (Å²) in [4.78, 5) is 19.8. The third kappa shape index (κ3) is 3.77. The van der Waals surface area contributed by atoms with E-state index in [1.807, 2.05) is 37.4 Å². The Bertz CT molecular complexity index is 859. The van der Waals surface area contributed by atoms with E-state index in [0.717, 1.165) is 31.9 Å². The van der Waals surface area contributed by atoms with Crippen molar-refractivity contribution in [3.63, 3.8) is 0 Å². The summed E-state index contributed by atoms with van der Waals surface area (Å²) < 4.78 is 2.89. The summed E-state index contributed by atoms with van der Waals surface area (Å²) in [7, 11) is 1.82. The number of hydrogen-bond acceptors (Lipinski definition) is 4. The van der Waals surface area contributed by atoms with E-state index in [2.05, 4.69) is 22.5 Å². The van der Waals surface area contributed by atoms with E-state index < -0.39 is 0 Å². The summed E-state index contributed by atoms with van der Waals surface area (Å²) in [5.74, 6) is 0.457. The quantitative estimate of drug-likeness (QED) is 0.591. The van der Waals surface area contributed by atoms with Gasteiger partial charge in [0.2, 0.25) is 5.91 Å². The van der Waals surface area contributed by atoms with Crippen molar-refractivity contribution in [1.29, 1.82) is 0 Å². The molecular weight excluding hydrogens is 362 g/mol. The zero-order valence-corrected chi connectivity index (χ0v) is 15.9. The lowest BCUT2D eigenvalue weighted by atomic mass is 10.3. The molecule has 0 aliphatic carbocycles. The number of aromatic nitrogens is 2. The van der Waals surface area contributed by atoms with E-state index in [1.54, 1.807) is 4.90 Å². The SMILES string of the molecule is CCn1c(SCC(=O)N(C)Cc2ccc(Cl)s2)nc2ccccc21. The van der Waals surface area contributed by atoms with Crippen LogP contribution < -0.4 is 0 Å². The van der Waals surface area contributed by atoms with Gasteiger partial charge in [-0.15, -0.1) is 11.3 Å². The number of carbonyl (C=O) groups excluding carboxylic acids is 1. The van der Waals surface area contributed by atoms with Crippen molar-refractivity contribution >= 4 is 51.6 Å². The van der Waals surface area contributed by atoms with Crippen molar-refractivity contribution in [3.05, 3.63) is 45.6 Å². The van der Waals surface area contributed by atoms with E-state index in [-0.39, 0.29) is 5.91 Å². The Morgan fingerprint density at radius 1 is 1.33 bits per heavy atom. The molecule has 1 amide bonds. The summed E-state index contributed by atoms with van der Waals surface area (Å²) in [6, 6.07) is 11.9. The van der Waals surface area contributed by atoms with Gasteiger partial charge in [-0.2, -0.15) is 0 Å². The van der Waals surface area contributed by atoms with Crippen molar-refractivity contribution in [3.8, 4) is 0 Å². The maximum atomic E-state index is 12.4. The van der Waals surface area contributed by atoms with Crippen molar-refractivity contribution in [2.24, 2.45) is 0 Å². The van der Waals surface area contributed by atoms with Gasteiger partial charge in [0.05, 0.1) is 27.7 Å². The first-order valence-electron chi connectivity index (χ1n) is 7.64. The number of imidazole rings is 1. The van der Waals surface area contributed by atoms with Gasteiger partial charge in [0.25, 0.3) is 0 Å². The van der Waals surface area contributed by atoms with Crippen molar-refractivity contribution in [1.82, 2.24) is 14.5 Å². The molecule has 0 aliphatic rings. The Kier molecular flexibility index (Phi) is 5.48. The zero-order chi connectivity index (χ0) is 17.1. The number of rotatable bonds is 6. The maximum Gasteiger partial charge on any atom is 0.233 e. The van der Waals surface area contributed by atoms with Crippen LogP contribution in [-0.2, 0) is 17.9 Å². The van der Waals surface area contributed by atoms with Crippen LogP contribution in [0.25, 0.3) is 11.0 Å².